The van der Waals surface area contributed by atoms with Crippen LogP contribution in [0.4, 0.5) is 5.00 Å². The maximum Gasteiger partial charge on any atom is 0.257 e. The summed E-state index contributed by atoms with van der Waals surface area (Å²) in [6, 6.07) is 3.18. The highest BCUT2D eigenvalue weighted by Crippen LogP contribution is 2.38. The maximum absolute atomic E-state index is 12.8. The van der Waals surface area contributed by atoms with E-state index in [1.807, 2.05) is 0 Å². The third kappa shape index (κ3) is 4.86. The van der Waals surface area contributed by atoms with Gasteiger partial charge in [0.2, 0.25) is 0 Å². The Hall–Kier alpha value is -1.96. The Balaban J connectivity index is 1.81. The molecule has 2 aromatic rings. The van der Waals surface area contributed by atoms with Crippen LogP contribution in [0.25, 0.3) is 0 Å². The van der Waals surface area contributed by atoms with E-state index in [-0.39, 0.29) is 11.8 Å². The number of ether oxygens (including phenoxy) is 1. The van der Waals surface area contributed by atoms with Crippen molar-refractivity contribution >= 4 is 39.8 Å². The average Bonchev–Trinajstić information content (AvgIpc) is 3.03. The molecule has 0 aliphatic heterocycles. The minimum absolute atomic E-state index is 0.143. The number of aryl methyl sites for hydroxylation is 1. The fourth-order valence-corrected chi connectivity index (χ4v) is 4.48. The summed E-state index contributed by atoms with van der Waals surface area (Å²) in [7, 11) is 1.64. The van der Waals surface area contributed by atoms with Crippen molar-refractivity contribution in [2.24, 2.45) is 0 Å². The number of methoxy groups -OCH3 is 1. The number of thiophene rings is 1. The fraction of sp³-hybridized carbons (Fsp3) is 0.421. The molecule has 0 unspecified atom stereocenters. The van der Waals surface area contributed by atoms with Gasteiger partial charge in [0.15, 0.2) is 0 Å². The van der Waals surface area contributed by atoms with Gasteiger partial charge in [-0.15, -0.1) is 11.3 Å². The van der Waals surface area contributed by atoms with E-state index in [4.69, 9.17) is 16.3 Å². The normalized spacial score (nSPS) is 13.1. The van der Waals surface area contributed by atoms with Crippen LogP contribution in [-0.2, 0) is 17.6 Å². The predicted molar refractivity (Wildman–Crippen MR) is 107 cm³/mol. The van der Waals surface area contributed by atoms with Gasteiger partial charge in [-0.1, -0.05) is 11.6 Å². The van der Waals surface area contributed by atoms with Gasteiger partial charge in [0.25, 0.3) is 11.8 Å². The third-order valence-corrected chi connectivity index (χ3v) is 5.86. The summed E-state index contributed by atoms with van der Waals surface area (Å²) in [6.07, 6.45) is 6.15. The Bertz CT molecular complexity index is 820. The summed E-state index contributed by atoms with van der Waals surface area (Å²) in [4.78, 5) is 30.5. The molecule has 0 spiro atoms. The van der Waals surface area contributed by atoms with Crippen LogP contribution in [0.1, 0.15) is 50.4 Å². The van der Waals surface area contributed by atoms with Crippen LogP contribution in [-0.4, -0.2) is 37.1 Å². The number of hydrogen-bond donors (Lipinski definition) is 2. The summed E-state index contributed by atoms with van der Waals surface area (Å²) in [5, 5.41) is 6.77. The minimum atomic E-state index is -0.300. The number of carbonyl (C=O) groups excluding carboxylic acids is 2. The van der Waals surface area contributed by atoms with Crippen molar-refractivity contribution in [2.75, 3.05) is 25.6 Å². The first-order valence-corrected chi connectivity index (χ1v) is 10.1. The molecule has 1 aliphatic carbocycles. The van der Waals surface area contributed by atoms with Crippen LogP contribution in [0.5, 0.6) is 0 Å². The molecule has 0 bridgehead atoms. The monoisotopic (exact) mass is 407 g/mol. The molecule has 2 N–H and O–H groups in total. The van der Waals surface area contributed by atoms with Gasteiger partial charge in [0, 0.05) is 31.3 Å². The van der Waals surface area contributed by atoms with E-state index in [1.54, 1.807) is 19.2 Å². The largest absolute Gasteiger partial charge is 0.385 e. The number of nitrogens with zero attached hydrogens (tertiary/aromatic N) is 1. The number of anilines is 1. The highest BCUT2D eigenvalue weighted by Gasteiger charge is 2.26. The van der Waals surface area contributed by atoms with Crippen molar-refractivity contribution in [2.45, 2.75) is 32.1 Å². The Labute approximate surface area is 167 Å². The smallest absolute Gasteiger partial charge is 0.257 e. The summed E-state index contributed by atoms with van der Waals surface area (Å²) >= 11 is 7.28. The van der Waals surface area contributed by atoms with Crippen LogP contribution < -0.4 is 10.6 Å². The molecule has 3 rings (SSSR count). The zero-order valence-electron chi connectivity index (χ0n) is 15.1. The van der Waals surface area contributed by atoms with Gasteiger partial charge in [-0.05, 0) is 49.8 Å². The Morgan fingerprint density at radius 2 is 2.07 bits per heavy atom. The zero-order chi connectivity index (χ0) is 19.2. The minimum Gasteiger partial charge on any atom is -0.385 e. The van der Waals surface area contributed by atoms with Crippen molar-refractivity contribution in [1.82, 2.24) is 10.3 Å². The molecule has 8 heteroatoms. The highest BCUT2D eigenvalue weighted by molar-refractivity contribution is 7.17. The lowest BCUT2D eigenvalue weighted by Crippen LogP contribution is -2.27. The molecule has 6 nitrogen and oxygen atoms in total. The van der Waals surface area contributed by atoms with Gasteiger partial charge in [-0.25, -0.2) is 4.98 Å². The first-order chi connectivity index (χ1) is 13.1. The lowest BCUT2D eigenvalue weighted by molar-refractivity contribution is 0.0948. The van der Waals surface area contributed by atoms with Crippen molar-refractivity contribution in [3.63, 3.8) is 0 Å². The average molecular weight is 408 g/mol. The van der Waals surface area contributed by atoms with E-state index in [0.29, 0.717) is 34.4 Å². The van der Waals surface area contributed by atoms with Crippen molar-refractivity contribution in [3.8, 4) is 0 Å². The zero-order valence-corrected chi connectivity index (χ0v) is 16.7. The second-order valence-electron chi connectivity index (χ2n) is 6.34. The van der Waals surface area contributed by atoms with Crippen LogP contribution >= 0.6 is 22.9 Å². The number of nitrogens with one attached hydrogen (secondary N) is 2. The van der Waals surface area contributed by atoms with Gasteiger partial charge in [-0.2, -0.15) is 0 Å². The van der Waals surface area contributed by atoms with E-state index in [1.165, 1.54) is 22.4 Å². The van der Waals surface area contributed by atoms with E-state index in [2.05, 4.69) is 15.6 Å². The second-order valence-corrected chi connectivity index (χ2v) is 7.83. The molecule has 0 aromatic carbocycles. The highest BCUT2D eigenvalue weighted by atomic mass is 35.5. The fourth-order valence-electron chi connectivity index (χ4n) is 3.09. The number of fused-ring (bicyclic) bond motifs is 1. The first kappa shape index (κ1) is 19.8. The van der Waals surface area contributed by atoms with Crippen LogP contribution in [0.3, 0.4) is 0 Å². The molecule has 0 saturated heterocycles. The maximum atomic E-state index is 12.8. The molecule has 0 fully saturated rings. The molecular weight excluding hydrogens is 386 g/mol. The van der Waals surface area contributed by atoms with Gasteiger partial charge in [-0.3, -0.25) is 9.59 Å². The summed E-state index contributed by atoms with van der Waals surface area (Å²) in [5.41, 5.74) is 2.07. The first-order valence-electron chi connectivity index (χ1n) is 8.94. The summed E-state index contributed by atoms with van der Waals surface area (Å²) < 4.78 is 5.02. The molecular formula is C19H22ClN3O3S. The number of hydrogen-bond acceptors (Lipinski definition) is 5. The molecule has 144 valence electrons. The number of halogens is 1. The van der Waals surface area contributed by atoms with Gasteiger partial charge in [0.05, 0.1) is 11.1 Å². The molecule has 0 radical (unpaired) electrons. The summed E-state index contributed by atoms with van der Waals surface area (Å²) in [6.45, 7) is 1.13. The SMILES string of the molecule is COCCCNC(=O)c1c(NC(=O)c2ccc(Cl)nc2)sc2c1CCCC2. The van der Waals surface area contributed by atoms with E-state index in [9.17, 15) is 9.59 Å². The Morgan fingerprint density at radius 3 is 2.81 bits per heavy atom. The Morgan fingerprint density at radius 1 is 1.26 bits per heavy atom. The number of rotatable bonds is 7. The predicted octanol–water partition coefficient (Wildman–Crippen LogP) is 3.69. The van der Waals surface area contributed by atoms with E-state index >= 15 is 0 Å². The van der Waals surface area contributed by atoms with Crippen LogP contribution in [0.2, 0.25) is 5.15 Å². The summed E-state index contributed by atoms with van der Waals surface area (Å²) in [5.74, 6) is -0.443. The van der Waals surface area contributed by atoms with Gasteiger partial charge < -0.3 is 15.4 Å². The standard InChI is InChI=1S/C19H22ClN3O3S/c1-26-10-4-9-21-18(25)16-13-5-2-3-6-14(13)27-19(16)23-17(24)12-7-8-15(20)22-11-12/h7-8,11H,2-6,9-10H2,1H3,(H,21,25)(H,23,24). The van der Waals surface area contributed by atoms with Crippen LogP contribution in [0.15, 0.2) is 18.3 Å². The van der Waals surface area contributed by atoms with Crippen molar-refractivity contribution in [1.29, 1.82) is 0 Å². The third-order valence-electron chi connectivity index (χ3n) is 4.43. The quantitative estimate of drug-likeness (QED) is 0.541. The molecule has 1 aliphatic rings. The molecule has 0 atom stereocenters. The lowest BCUT2D eigenvalue weighted by atomic mass is 9.95. The number of aromatic nitrogens is 1. The number of carbonyl (C=O) groups is 2. The topological polar surface area (TPSA) is 80.3 Å². The molecule has 0 saturated carbocycles. The van der Waals surface area contributed by atoms with Crippen molar-refractivity contribution < 1.29 is 14.3 Å². The Kier molecular flexibility index (Phi) is 6.82. The molecule has 2 amide bonds. The molecule has 27 heavy (non-hydrogen) atoms. The van der Waals surface area contributed by atoms with Gasteiger partial charge in [0.1, 0.15) is 10.2 Å². The molecule has 2 aromatic heterocycles. The lowest BCUT2D eigenvalue weighted by Gasteiger charge is -2.13. The number of pyridine rings is 1. The second kappa shape index (κ2) is 9.30. The van der Waals surface area contributed by atoms with Crippen molar-refractivity contribution in [3.05, 3.63) is 45.1 Å². The van der Waals surface area contributed by atoms with Crippen LogP contribution in [0, 0.1) is 0 Å². The molecule has 2 heterocycles. The van der Waals surface area contributed by atoms with E-state index in [0.717, 1.165) is 37.7 Å². The number of amides is 2. The van der Waals surface area contributed by atoms with E-state index < -0.39 is 0 Å². The van der Waals surface area contributed by atoms with Gasteiger partial charge >= 0.3 is 0 Å².